The predicted molar refractivity (Wildman–Crippen MR) is 74.6 cm³/mol. The summed E-state index contributed by atoms with van der Waals surface area (Å²) in [6, 6.07) is 10.8. The number of ketones is 1. The second-order valence-electron chi connectivity index (χ2n) is 4.09. The average Bonchev–Trinajstić information content (AvgIpc) is 2.43. The first-order valence-corrected chi connectivity index (χ1v) is 5.76. The third-order valence-corrected chi connectivity index (χ3v) is 2.75. The zero-order valence-corrected chi connectivity index (χ0v) is 10.2. The van der Waals surface area contributed by atoms with Gasteiger partial charge in [0.2, 0.25) is 0 Å². The minimum absolute atomic E-state index is 0.116. The molecule has 0 unspecified atom stereocenters. The Kier molecular flexibility index (Phi) is 3.61. The summed E-state index contributed by atoms with van der Waals surface area (Å²) in [6.45, 7) is 3.33. The van der Waals surface area contributed by atoms with Gasteiger partial charge in [0, 0.05) is 11.3 Å². The number of rotatable bonds is 5. The first-order valence-electron chi connectivity index (χ1n) is 5.76. The van der Waals surface area contributed by atoms with E-state index < -0.39 is 5.97 Å². The van der Waals surface area contributed by atoms with Gasteiger partial charge in [-0.2, -0.15) is 0 Å². The molecule has 2 aromatic rings. The van der Waals surface area contributed by atoms with Crippen LogP contribution in [0, 0.1) is 0 Å². The summed E-state index contributed by atoms with van der Waals surface area (Å²) in [6.07, 6.45) is 1.28. The maximum Gasteiger partial charge on any atom is 0.322 e. The van der Waals surface area contributed by atoms with Crippen molar-refractivity contribution >= 4 is 28.2 Å². The zero-order chi connectivity index (χ0) is 13.8. The smallest absolute Gasteiger partial charge is 0.322 e. The van der Waals surface area contributed by atoms with Gasteiger partial charge in [0.05, 0.1) is 0 Å². The first kappa shape index (κ1) is 12.8. The molecule has 0 bridgehead atoms. The fourth-order valence-electron chi connectivity index (χ4n) is 1.80. The maximum absolute atomic E-state index is 11.5. The molecular formula is C15H13NO3. The van der Waals surface area contributed by atoms with Crippen molar-refractivity contribution < 1.29 is 14.7 Å². The molecule has 0 aliphatic rings. The quantitative estimate of drug-likeness (QED) is 0.636. The van der Waals surface area contributed by atoms with Crippen molar-refractivity contribution in [2.24, 2.45) is 0 Å². The van der Waals surface area contributed by atoms with Gasteiger partial charge in [0.15, 0.2) is 5.78 Å². The van der Waals surface area contributed by atoms with Crippen molar-refractivity contribution in [1.29, 1.82) is 0 Å². The summed E-state index contributed by atoms with van der Waals surface area (Å²) in [4.78, 5) is 22.0. The van der Waals surface area contributed by atoms with Gasteiger partial charge >= 0.3 is 5.97 Å². The average molecular weight is 255 g/mol. The summed E-state index contributed by atoms with van der Waals surface area (Å²) < 4.78 is 0. The van der Waals surface area contributed by atoms with E-state index in [1.54, 1.807) is 18.2 Å². The minimum atomic E-state index is -0.910. The highest BCUT2D eigenvalue weighted by molar-refractivity contribution is 6.06. The molecule has 2 aromatic carbocycles. The molecule has 4 nitrogen and oxygen atoms in total. The Morgan fingerprint density at radius 2 is 1.84 bits per heavy atom. The molecule has 0 fully saturated rings. The van der Waals surface area contributed by atoms with E-state index in [-0.39, 0.29) is 12.3 Å². The Bertz CT molecular complexity index is 661. The predicted octanol–water partition coefficient (Wildman–Crippen LogP) is 2.71. The van der Waals surface area contributed by atoms with Crippen LogP contribution >= 0.6 is 0 Å². The monoisotopic (exact) mass is 255 g/mol. The molecule has 0 saturated carbocycles. The van der Waals surface area contributed by atoms with E-state index in [2.05, 4.69) is 11.9 Å². The molecule has 0 amide bonds. The molecule has 0 aliphatic carbocycles. The number of aliphatic carboxylic acids is 1. The Morgan fingerprint density at radius 3 is 2.53 bits per heavy atom. The van der Waals surface area contributed by atoms with Crippen LogP contribution in [0.4, 0.5) is 5.69 Å². The molecule has 0 atom stereocenters. The van der Waals surface area contributed by atoms with Crippen LogP contribution in [0.5, 0.6) is 0 Å². The fourth-order valence-corrected chi connectivity index (χ4v) is 1.80. The Labute approximate surface area is 110 Å². The summed E-state index contributed by atoms with van der Waals surface area (Å²) in [7, 11) is 0. The van der Waals surface area contributed by atoms with Crippen molar-refractivity contribution in [3.63, 3.8) is 0 Å². The van der Waals surface area contributed by atoms with Crippen LogP contribution in [0.1, 0.15) is 10.4 Å². The molecule has 0 spiro atoms. The molecule has 0 radical (unpaired) electrons. The molecular weight excluding hydrogens is 242 g/mol. The molecule has 2 rings (SSSR count). The number of allylic oxidation sites excluding steroid dienone is 1. The van der Waals surface area contributed by atoms with E-state index in [0.29, 0.717) is 5.56 Å². The number of hydrogen-bond acceptors (Lipinski definition) is 3. The lowest BCUT2D eigenvalue weighted by molar-refractivity contribution is -0.134. The summed E-state index contributed by atoms with van der Waals surface area (Å²) in [5.74, 6) is -1.03. The lowest BCUT2D eigenvalue weighted by Crippen LogP contribution is -2.12. The van der Waals surface area contributed by atoms with Gasteiger partial charge in [0.25, 0.3) is 0 Å². The van der Waals surface area contributed by atoms with E-state index >= 15 is 0 Å². The minimum Gasteiger partial charge on any atom is -0.480 e. The van der Waals surface area contributed by atoms with Crippen LogP contribution in [-0.4, -0.2) is 23.4 Å². The van der Waals surface area contributed by atoms with E-state index in [1.807, 2.05) is 18.2 Å². The van der Waals surface area contributed by atoms with Gasteiger partial charge in [-0.1, -0.05) is 24.8 Å². The molecule has 4 heteroatoms. The van der Waals surface area contributed by atoms with Crippen LogP contribution < -0.4 is 5.32 Å². The van der Waals surface area contributed by atoms with E-state index in [0.717, 1.165) is 16.5 Å². The standard InChI is InChI=1S/C15H13NO3/c1-2-14(17)12-4-3-11-8-13(16-9-15(18)19)6-5-10(11)7-12/h2-8,16H,1,9H2,(H,18,19). The van der Waals surface area contributed by atoms with Gasteiger partial charge in [-0.05, 0) is 35.0 Å². The lowest BCUT2D eigenvalue weighted by Gasteiger charge is -2.06. The highest BCUT2D eigenvalue weighted by Gasteiger charge is 2.03. The van der Waals surface area contributed by atoms with Crippen molar-refractivity contribution in [2.75, 3.05) is 11.9 Å². The summed E-state index contributed by atoms with van der Waals surface area (Å²) >= 11 is 0. The zero-order valence-electron chi connectivity index (χ0n) is 10.2. The van der Waals surface area contributed by atoms with Gasteiger partial charge in [-0.15, -0.1) is 0 Å². The molecule has 0 aliphatic heterocycles. The topological polar surface area (TPSA) is 66.4 Å². The number of carbonyl (C=O) groups excluding carboxylic acids is 1. The maximum atomic E-state index is 11.5. The van der Waals surface area contributed by atoms with E-state index in [1.165, 1.54) is 6.08 Å². The number of carbonyl (C=O) groups is 2. The molecule has 0 aromatic heterocycles. The third-order valence-electron chi connectivity index (χ3n) is 2.75. The highest BCUT2D eigenvalue weighted by atomic mass is 16.4. The Hall–Kier alpha value is -2.62. The number of carboxylic acid groups (broad SMARTS) is 1. The Morgan fingerprint density at radius 1 is 1.16 bits per heavy atom. The molecule has 19 heavy (non-hydrogen) atoms. The third kappa shape index (κ3) is 2.98. The molecule has 2 N–H and O–H groups in total. The van der Waals surface area contributed by atoms with Gasteiger partial charge in [-0.3, -0.25) is 9.59 Å². The van der Waals surface area contributed by atoms with Crippen LogP contribution in [0.3, 0.4) is 0 Å². The number of fused-ring (bicyclic) bond motifs is 1. The van der Waals surface area contributed by atoms with Crippen LogP contribution in [0.15, 0.2) is 49.1 Å². The molecule has 0 saturated heterocycles. The van der Waals surface area contributed by atoms with Gasteiger partial charge < -0.3 is 10.4 Å². The van der Waals surface area contributed by atoms with Crippen molar-refractivity contribution in [3.8, 4) is 0 Å². The van der Waals surface area contributed by atoms with Crippen molar-refractivity contribution in [2.45, 2.75) is 0 Å². The first-order chi connectivity index (χ1) is 9.10. The van der Waals surface area contributed by atoms with E-state index in [9.17, 15) is 9.59 Å². The highest BCUT2D eigenvalue weighted by Crippen LogP contribution is 2.21. The number of benzene rings is 2. The van der Waals surface area contributed by atoms with E-state index in [4.69, 9.17) is 5.11 Å². The summed E-state index contributed by atoms with van der Waals surface area (Å²) in [5.41, 5.74) is 1.33. The number of hydrogen-bond donors (Lipinski definition) is 2. The molecule has 0 heterocycles. The fraction of sp³-hybridized carbons (Fsp3) is 0.0667. The molecule has 96 valence electrons. The van der Waals surface area contributed by atoms with Gasteiger partial charge in [-0.25, -0.2) is 0 Å². The number of anilines is 1. The lowest BCUT2D eigenvalue weighted by atomic mass is 10.0. The van der Waals surface area contributed by atoms with Crippen molar-refractivity contribution in [1.82, 2.24) is 0 Å². The second-order valence-corrected chi connectivity index (χ2v) is 4.09. The number of nitrogens with one attached hydrogen (secondary N) is 1. The normalized spacial score (nSPS) is 10.1. The van der Waals surface area contributed by atoms with Crippen molar-refractivity contribution in [3.05, 3.63) is 54.6 Å². The second kappa shape index (κ2) is 5.35. The largest absolute Gasteiger partial charge is 0.480 e. The van der Waals surface area contributed by atoms with Crippen LogP contribution in [0.2, 0.25) is 0 Å². The van der Waals surface area contributed by atoms with Crippen LogP contribution in [-0.2, 0) is 4.79 Å². The van der Waals surface area contributed by atoms with Gasteiger partial charge in [0.1, 0.15) is 6.54 Å². The summed E-state index contributed by atoms with van der Waals surface area (Å²) in [5, 5.41) is 13.3. The SMILES string of the molecule is C=CC(=O)c1ccc2cc(NCC(=O)O)ccc2c1. The number of carboxylic acids is 1. The van der Waals surface area contributed by atoms with Crippen LogP contribution in [0.25, 0.3) is 10.8 Å². The Balaban J connectivity index is 2.32.